The van der Waals surface area contributed by atoms with E-state index in [-0.39, 0.29) is 0 Å². The number of rotatable bonds is 3. The first-order chi connectivity index (χ1) is 7.17. The maximum atomic E-state index is 5.47. The normalized spacial score (nSPS) is 11.5. The average molecular weight is 290 g/mol. The van der Waals surface area contributed by atoms with Crippen molar-refractivity contribution in [3.8, 4) is 5.75 Å². The van der Waals surface area contributed by atoms with Crippen molar-refractivity contribution in [2.75, 3.05) is 7.11 Å². The largest absolute Gasteiger partial charge is 0.496 e. The number of thioether (sulfide) groups is 1. The van der Waals surface area contributed by atoms with Crippen LogP contribution in [-0.2, 0) is 5.75 Å². The summed E-state index contributed by atoms with van der Waals surface area (Å²) in [5.41, 5.74) is 6.59. The van der Waals surface area contributed by atoms with Crippen molar-refractivity contribution < 1.29 is 4.74 Å². The summed E-state index contributed by atoms with van der Waals surface area (Å²) in [4.78, 5) is 0. The lowest BCUT2D eigenvalue weighted by molar-refractivity contribution is 0.412. The van der Waals surface area contributed by atoms with Crippen LogP contribution in [0.1, 0.15) is 5.56 Å². The minimum absolute atomic E-state index is 0.377. The SMILES string of the molecule is COc1ccc(CSC(N)=NN)cc1Br. The van der Waals surface area contributed by atoms with Crippen molar-refractivity contribution in [3.05, 3.63) is 28.2 Å². The molecule has 0 aliphatic rings. The van der Waals surface area contributed by atoms with Crippen LogP contribution < -0.4 is 16.3 Å². The van der Waals surface area contributed by atoms with Gasteiger partial charge in [0.15, 0.2) is 5.17 Å². The fourth-order valence-electron chi connectivity index (χ4n) is 0.994. The Morgan fingerprint density at radius 3 is 2.87 bits per heavy atom. The van der Waals surface area contributed by atoms with E-state index < -0.39 is 0 Å². The molecule has 0 atom stereocenters. The van der Waals surface area contributed by atoms with E-state index in [0.717, 1.165) is 21.5 Å². The smallest absolute Gasteiger partial charge is 0.177 e. The monoisotopic (exact) mass is 289 g/mol. The van der Waals surface area contributed by atoms with Crippen LogP contribution in [0.4, 0.5) is 0 Å². The first kappa shape index (κ1) is 12.2. The number of hydrogen-bond acceptors (Lipinski definition) is 4. The molecule has 82 valence electrons. The third-order valence-electron chi connectivity index (χ3n) is 1.73. The summed E-state index contributed by atoms with van der Waals surface area (Å²) in [7, 11) is 1.63. The Morgan fingerprint density at radius 2 is 2.33 bits per heavy atom. The summed E-state index contributed by atoms with van der Waals surface area (Å²) >= 11 is 4.80. The number of amidine groups is 1. The van der Waals surface area contributed by atoms with Gasteiger partial charge >= 0.3 is 0 Å². The quantitative estimate of drug-likeness (QED) is 0.386. The Hall–Kier alpha value is -0.880. The maximum Gasteiger partial charge on any atom is 0.177 e. The summed E-state index contributed by atoms with van der Waals surface area (Å²) in [6.07, 6.45) is 0. The molecule has 4 nitrogen and oxygen atoms in total. The fraction of sp³-hybridized carbons (Fsp3) is 0.222. The Labute approximate surface area is 101 Å². The third kappa shape index (κ3) is 3.64. The molecular formula is C9H12BrN3OS. The molecule has 0 unspecified atom stereocenters. The number of hydrogen-bond donors (Lipinski definition) is 2. The topological polar surface area (TPSA) is 73.6 Å². The predicted octanol–water partition coefficient (Wildman–Crippen LogP) is 1.88. The summed E-state index contributed by atoms with van der Waals surface area (Å²) in [5, 5.41) is 3.76. The van der Waals surface area contributed by atoms with Crippen LogP contribution in [0.3, 0.4) is 0 Å². The van der Waals surface area contributed by atoms with Crippen LogP contribution in [0, 0.1) is 0 Å². The van der Waals surface area contributed by atoms with Crippen LogP contribution in [0.2, 0.25) is 0 Å². The molecule has 0 spiro atoms. The molecule has 1 rings (SSSR count). The van der Waals surface area contributed by atoms with Crippen molar-refractivity contribution in [3.63, 3.8) is 0 Å². The number of hydrazone groups is 1. The van der Waals surface area contributed by atoms with Gasteiger partial charge in [-0.05, 0) is 33.6 Å². The lowest BCUT2D eigenvalue weighted by Crippen LogP contribution is -2.09. The molecule has 0 radical (unpaired) electrons. The summed E-state index contributed by atoms with van der Waals surface area (Å²) < 4.78 is 6.05. The predicted molar refractivity (Wildman–Crippen MR) is 67.8 cm³/mol. The molecule has 0 saturated heterocycles. The number of benzene rings is 1. The van der Waals surface area contributed by atoms with Crippen LogP contribution >= 0.6 is 27.7 Å². The standard InChI is InChI=1S/C9H12BrN3OS/c1-14-8-3-2-6(4-7(8)10)5-15-9(11)13-12/h2-4H,5,12H2,1H3,(H2,11,13). The van der Waals surface area contributed by atoms with Crippen molar-refractivity contribution in [2.24, 2.45) is 16.7 Å². The second-order valence-electron chi connectivity index (χ2n) is 2.72. The van der Waals surface area contributed by atoms with E-state index in [1.165, 1.54) is 11.8 Å². The zero-order valence-corrected chi connectivity index (χ0v) is 10.6. The van der Waals surface area contributed by atoms with E-state index in [1.807, 2.05) is 18.2 Å². The molecule has 0 amide bonds. The van der Waals surface area contributed by atoms with E-state index in [0.29, 0.717) is 5.17 Å². The van der Waals surface area contributed by atoms with Gasteiger partial charge in [0.05, 0.1) is 11.6 Å². The second-order valence-corrected chi connectivity index (χ2v) is 4.57. The third-order valence-corrected chi connectivity index (χ3v) is 3.23. The summed E-state index contributed by atoms with van der Waals surface area (Å²) in [6, 6.07) is 5.85. The number of methoxy groups -OCH3 is 1. The van der Waals surface area contributed by atoms with E-state index >= 15 is 0 Å². The van der Waals surface area contributed by atoms with Gasteiger partial charge < -0.3 is 16.3 Å². The van der Waals surface area contributed by atoms with Crippen LogP contribution in [0.5, 0.6) is 5.75 Å². The van der Waals surface area contributed by atoms with Crippen molar-refractivity contribution >= 4 is 32.9 Å². The van der Waals surface area contributed by atoms with Gasteiger partial charge in [0, 0.05) is 5.75 Å². The minimum Gasteiger partial charge on any atom is -0.496 e. The minimum atomic E-state index is 0.377. The Morgan fingerprint density at radius 1 is 1.60 bits per heavy atom. The molecule has 15 heavy (non-hydrogen) atoms. The van der Waals surface area contributed by atoms with Gasteiger partial charge in [-0.15, -0.1) is 0 Å². The number of ether oxygens (including phenoxy) is 1. The second kappa shape index (κ2) is 5.87. The van der Waals surface area contributed by atoms with Gasteiger partial charge in [0.1, 0.15) is 5.75 Å². The lowest BCUT2D eigenvalue weighted by atomic mass is 10.2. The molecule has 6 heteroatoms. The molecule has 0 heterocycles. The van der Waals surface area contributed by atoms with Gasteiger partial charge in [-0.25, -0.2) is 0 Å². The van der Waals surface area contributed by atoms with Gasteiger partial charge in [-0.2, -0.15) is 5.10 Å². The van der Waals surface area contributed by atoms with Gasteiger partial charge in [0.2, 0.25) is 0 Å². The molecule has 0 aliphatic carbocycles. The zero-order chi connectivity index (χ0) is 11.3. The Balaban J connectivity index is 2.67. The molecule has 0 aromatic heterocycles. The molecule has 0 bridgehead atoms. The molecule has 0 aliphatic heterocycles. The lowest BCUT2D eigenvalue weighted by Gasteiger charge is -2.05. The summed E-state index contributed by atoms with van der Waals surface area (Å²) in [5.74, 6) is 6.57. The van der Waals surface area contributed by atoms with E-state index in [9.17, 15) is 0 Å². The summed E-state index contributed by atoms with van der Waals surface area (Å²) in [6.45, 7) is 0. The average Bonchev–Trinajstić information content (AvgIpc) is 2.26. The molecule has 4 N–H and O–H groups in total. The highest BCUT2D eigenvalue weighted by Crippen LogP contribution is 2.27. The van der Waals surface area contributed by atoms with Gasteiger partial charge in [-0.1, -0.05) is 17.8 Å². The van der Waals surface area contributed by atoms with Crippen LogP contribution in [0.25, 0.3) is 0 Å². The Kier molecular flexibility index (Phi) is 4.77. The number of nitrogens with zero attached hydrogens (tertiary/aromatic N) is 1. The van der Waals surface area contributed by atoms with Gasteiger partial charge in [0.25, 0.3) is 0 Å². The fourth-order valence-corrected chi connectivity index (χ4v) is 2.15. The van der Waals surface area contributed by atoms with E-state index in [4.69, 9.17) is 16.3 Å². The highest BCUT2D eigenvalue weighted by Gasteiger charge is 2.02. The van der Waals surface area contributed by atoms with Crippen LogP contribution in [-0.4, -0.2) is 12.3 Å². The highest BCUT2D eigenvalue weighted by atomic mass is 79.9. The first-order valence-electron chi connectivity index (χ1n) is 4.16. The van der Waals surface area contributed by atoms with Crippen LogP contribution in [0.15, 0.2) is 27.8 Å². The zero-order valence-electron chi connectivity index (χ0n) is 8.24. The molecular weight excluding hydrogens is 278 g/mol. The first-order valence-corrected chi connectivity index (χ1v) is 5.93. The molecule has 0 fully saturated rings. The van der Waals surface area contributed by atoms with Crippen molar-refractivity contribution in [2.45, 2.75) is 5.75 Å². The Bertz CT molecular complexity index is 370. The number of nitrogens with two attached hydrogens (primary N) is 2. The molecule has 1 aromatic rings. The number of halogens is 1. The van der Waals surface area contributed by atoms with E-state index in [2.05, 4.69) is 21.0 Å². The van der Waals surface area contributed by atoms with Crippen molar-refractivity contribution in [1.82, 2.24) is 0 Å². The maximum absolute atomic E-state index is 5.47. The molecule has 0 saturated carbocycles. The van der Waals surface area contributed by atoms with Gasteiger partial charge in [-0.3, -0.25) is 0 Å². The van der Waals surface area contributed by atoms with E-state index in [1.54, 1.807) is 7.11 Å². The highest BCUT2D eigenvalue weighted by molar-refractivity contribution is 9.10. The molecule has 1 aromatic carbocycles. The van der Waals surface area contributed by atoms with Crippen molar-refractivity contribution in [1.29, 1.82) is 0 Å².